The van der Waals surface area contributed by atoms with Gasteiger partial charge in [0.15, 0.2) is 0 Å². The molecule has 1 heterocycles. The van der Waals surface area contributed by atoms with E-state index < -0.39 is 21.7 Å². The third kappa shape index (κ3) is 6.19. The van der Waals surface area contributed by atoms with Gasteiger partial charge in [0.05, 0.1) is 23.3 Å². The monoisotopic (exact) mass is 483 g/mol. The highest BCUT2D eigenvalue weighted by molar-refractivity contribution is 7.92. The highest BCUT2D eigenvalue weighted by Crippen LogP contribution is 2.19. The Kier molecular flexibility index (Phi) is 7.56. The number of morpholine rings is 1. The normalized spacial score (nSPS) is 16.7. The molecule has 0 aliphatic carbocycles. The van der Waals surface area contributed by atoms with Crippen LogP contribution in [0.4, 0.5) is 10.1 Å². The van der Waals surface area contributed by atoms with Crippen molar-refractivity contribution in [1.29, 1.82) is 0 Å². The third-order valence-electron chi connectivity index (χ3n) is 5.49. The van der Waals surface area contributed by atoms with Crippen molar-refractivity contribution in [1.82, 2.24) is 10.2 Å². The van der Waals surface area contributed by atoms with Crippen LogP contribution >= 0.6 is 0 Å². The summed E-state index contributed by atoms with van der Waals surface area (Å²) in [5.41, 5.74) is 1.24. The Morgan fingerprint density at radius 1 is 1.03 bits per heavy atom. The molecule has 1 atom stereocenters. The van der Waals surface area contributed by atoms with Crippen molar-refractivity contribution in [3.05, 3.63) is 95.8 Å². The number of nitrogens with zero attached hydrogens (tertiary/aromatic N) is 1. The minimum atomic E-state index is -4.07. The van der Waals surface area contributed by atoms with Crippen LogP contribution in [0.5, 0.6) is 0 Å². The predicted octanol–water partition coefficient (Wildman–Crippen LogP) is 3.26. The minimum Gasteiger partial charge on any atom is -0.374 e. The van der Waals surface area contributed by atoms with Crippen molar-refractivity contribution < 1.29 is 22.3 Å². The first-order chi connectivity index (χ1) is 16.4. The van der Waals surface area contributed by atoms with Gasteiger partial charge in [-0.2, -0.15) is 0 Å². The second-order valence-electron chi connectivity index (χ2n) is 8.04. The van der Waals surface area contributed by atoms with Gasteiger partial charge in [-0.3, -0.25) is 14.4 Å². The van der Waals surface area contributed by atoms with Gasteiger partial charge in [-0.1, -0.05) is 48.5 Å². The van der Waals surface area contributed by atoms with E-state index in [0.29, 0.717) is 19.7 Å². The van der Waals surface area contributed by atoms with Crippen LogP contribution in [0, 0.1) is 5.82 Å². The zero-order valence-corrected chi connectivity index (χ0v) is 19.3. The third-order valence-corrected chi connectivity index (χ3v) is 6.85. The lowest BCUT2D eigenvalue weighted by Gasteiger charge is -2.33. The molecule has 2 N–H and O–H groups in total. The van der Waals surface area contributed by atoms with Crippen molar-refractivity contribution in [2.24, 2.45) is 0 Å². The van der Waals surface area contributed by atoms with Gasteiger partial charge in [0, 0.05) is 31.7 Å². The molecule has 178 valence electrons. The maximum Gasteiger partial charge on any atom is 0.262 e. The number of sulfonamides is 1. The quantitative estimate of drug-likeness (QED) is 0.514. The molecule has 3 aromatic rings. The van der Waals surface area contributed by atoms with E-state index in [1.165, 1.54) is 48.0 Å². The molecule has 0 bridgehead atoms. The lowest BCUT2D eigenvalue weighted by Crippen LogP contribution is -2.47. The molecule has 1 fully saturated rings. The van der Waals surface area contributed by atoms with Crippen LogP contribution in [0.15, 0.2) is 83.8 Å². The summed E-state index contributed by atoms with van der Waals surface area (Å²) in [6.07, 6.45) is -0.170. The molecular formula is C25H26FN3O4S. The van der Waals surface area contributed by atoms with Crippen LogP contribution in [0.1, 0.15) is 15.9 Å². The van der Waals surface area contributed by atoms with E-state index in [4.69, 9.17) is 4.74 Å². The molecule has 34 heavy (non-hydrogen) atoms. The molecule has 0 radical (unpaired) electrons. The molecule has 1 aliphatic heterocycles. The van der Waals surface area contributed by atoms with Crippen molar-refractivity contribution in [2.75, 3.05) is 31.0 Å². The molecule has 1 saturated heterocycles. The van der Waals surface area contributed by atoms with Gasteiger partial charge >= 0.3 is 0 Å². The lowest BCUT2D eigenvalue weighted by molar-refractivity contribution is -0.0292. The van der Waals surface area contributed by atoms with Crippen LogP contribution in [-0.2, 0) is 21.3 Å². The maximum absolute atomic E-state index is 13.9. The number of carbonyl (C=O) groups excluding carboxylic acids is 1. The van der Waals surface area contributed by atoms with E-state index >= 15 is 0 Å². The van der Waals surface area contributed by atoms with Crippen molar-refractivity contribution in [3.8, 4) is 0 Å². The van der Waals surface area contributed by atoms with Gasteiger partial charge < -0.3 is 10.1 Å². The van der Waals surface area contributed by atoms with Gasteiger partial charge in [0.25, 0.3) is 15.9 Å². The topological polar surface area (TPSA) is 87.7 Å². The molecule has 3 aromatic carbocycles. The molecule has 1 amide bonds. The summed E-state index contributed by atoms with van der Waals surface area (Å²) in [6, 6.07) is 21.3. The second-order valence-corrected chi connectivity index (χ2v) is 9.72. The van der Waals surface area contributed by atoms with Crippen LogP contribution in [0.3, 0.4) is 0 Å². The Bertz CT molecular complexity index is 1240. The number of halogens is 1. The molecule has 1 unspecified atom stereocenters. The number of amides is 1. The Labute approximate surface area is 198 Å². The first-order valence-corrected chi connectivity index (χ1v) is 12.4. The smallest absolute Gasteiger partial charge is 0.262 e. The van der Waals surface area contributed by atoms with Gasteiger partial charge in [-0.05, 0) is 35.9 Å². The van der Waals surface area contributed by atoms with Crippen LogP contribution in [-0.4, -0.2) is 51.6 Å². The average Bonchev–Trinajstić information content (AvgIpc) is 2.85. The largest absolute Gasteiger partial charge is 0.374 e. The second kappa shape index (κ2) is 10.8. The number of hydrogen-bond acceptors (Lipinski definition) is 5. The predicted molar refractivity (Wildman–Crippen MR) is 127 cm³/mol. The first kappa shape index (κ1) is 23.9. The number of benzene rings is 3. The van der Waals surface area contributed by atoms with E-state index in [9.17, 15) is 17.6 Å². The number of anilines is 1. The average molecular weight is 484 g/mol. The number of nitrogens with one attached hydrogen (secondary N) is 2. The summed E-state index contributed by atoms with van der Waals surface area (Å²) in [5.74, 6) is -1.10. The Morgan fingerprint density at radius 3 is 2.59 bits per heavy atom. The zero-order chi connectivity index (χ0) is 24.0. The molecule has 1 aliphatic rings. The van der Waals surface area contributed by atoms with Gasteiger partial charge in [0.1, 0.15) is 5.82 Å². The molecule has 7 nitrogen and oxygen atoms in total. The number of para-hydroxylation sites is 1. The number of rotatable bonds is 8. The fourth-order valence-corrected chi connectivity index (χ4v) is 4.86. The van der Waals surface area contributed by atoms with Crippen LogP contribution in [0.2, 0.25) is 0 Å². The van der Waals surface area contributed by atoms with Crippen molar-refractivity contribution >= 4 is 21.6 Å². The fourth-order valence-electron chi connectivity index (χ4n) is 3.75. The van der Waals surface area contributed by atoms with Crippen molar-refractivity contribution in [3.63, 3.8) is 0 Å². The Hall–Kier alpha value is -3.27. The summed E-state index contributed by atoms with van der Waals surface area (Å²) >= 11 is 0. The summed E-state index contributed by atoms with van der Waals surface area (Å²) in [5, 5.41) is 2.82. The fraction of sp³-hybridized carbons (Fsp3) is 0.240. The zero-order valence-electron chi connectivity index (χ0n) is 18.5. The highest BCUT2D eigenvalue weighted by Gasteiger charge is 2.22. The number of carbonyl (C=O) groups is 1. The van der Waals surface area contributed by atoms with E-state index in [0.717, 1.165) is 19.2 Å². The van der Waals surface area contributed by atoms with Gasteiger partial charge in [-0.25, -0.2) is 12.8 Å². The van der Waals surface area contributed by atoms with E-state index in [1.807, 2.05) is 18.2 Å². The minimum absolute atomic E-state index is 0.133. The standard InChI is InChI=1S/C25H26FN3O4S/c26-23-11-4-5-12-24(23)28-34(31,32)22-10-6-9-20(15-22)25(30)27-16-21-18-29(13-14-33-21)17-19-7-2-1-3-8-19/h1-12,15,21,28H,13-14,16-18H2,(H,27,30). The first-order valence-electron chi connectivity index (χ1n) is 10.9. The molecule has 0 aromatic heterocycles. The van der Waals surface area contributed by atoms with Gasteiger partial charge in [-0.15, -0.1) is 0 Å². The summed E-state index contributed by atoms with van der Waals surface area (Å²) in [6.45, 7) is 3.17. The summed E-state index contributed by atoms with van der Waals surface area (Å²) in [7, 11) is -4.07. The van der Waals surface area contributed by atoms with Crippen LogP contribution < -0.4 is 10.0 Å². The Morgan fingerprint density at radius 2 is 1.79 bits per heavy atom. The molecular weight excluding hydrogens is 457 g/mol. The van der Waals surface area contributed by atoms with E-state index in [1.54, 1.807) is 0 Å². The Balaban J connectivity index is 1.35. The van der Waals surface area contributed by atoms with Gasteiger partial charge in [0.2, 0.25) is 0 Å². The lowest BCUT2D eigenvalue weighted by atomic mass is 10.2. The molecule has 0 saturated carbocycles. The molecule has 9 heteroatoms. The van der Waals surface area contributed by atoms with E-state index in [-0.39, 0.29) is 22.3 Å². The number of hydrogen-bond donors (Lipinski definition) is 2. The van der Waals surface area contributed by atoms with Crippen molar-refractivity contribution in [2.45, 2.75) is 17.5 Å². The van der Waals surface area contributed by atoms with E-state index in [2.05, 4.69) is 27.1 Å². The van der Waals surface area contributed by atoms with Crippen LogP contribution in [0.25, 0.3) is 0 Å². The summed E-state index contributed by atoms with van der Waals surface area (Å²) < 4.78 is 47.2. The molecule has 0 spiro atoms. The maximum atomic E-state index is 13.9. The molecule has 4 rings (SSSR count). The SMILES string of the molecule is O=C(NCC1CN(Cc2ccccc2)CCO1)c1cccc(S(=O)(=O)Nc2ccccc2F)c1. The highest BCUT2D eigenvalue weighted by atomic mass is 32.2. The summed E-state index contributed by atoms with van der Waals surface area (Å²) in [4.78, 5) is 14.8. The number of ether oxygens (including phenoxy) is 1.